The SMILES string of the molecule is Cc1ccc(C(=O)Nc2cccc(Br)c2)cc1Br. The Morgan fingerprint density at radius 2 is 1.89 bits per heavy atom. The highest BCUT2D eigenvalue weighted by molar-refractivity contribution is 9.10. The standard InChI is InChI=1S/C14H11Br2NO/c1-9-5-6-10(7-13(9)16)14(18)17-12-4-2-3-11(15)8-12/h2-8H,1H3,(H,17,18). The van der Waals surface area contributed by atoms with Crippen molar-refractivity contribution in [1.29, 1.82) is 0 Å². The molecule has 2 aromatic carbocycles. The van der Waals surface area contributed by atoms with Crippen LogP contribution in [0.1, 0.15) is 15.9 Å². The maximum atomic E-state index is 12.0. The van der Waals surface area contributed by atoms with Crippen LogP contribution in [0.4, 0.5) is 5.69 Å². The summed E-state index contributed by atoms with van der Waals surface area (Å²) in [5.74, 6) is -0.117. The summed E-state index contributed by atoms with van der Waals surface area (Å²) < 4.78 is 1.87. The molecule has 0 aliphatic heterocycles. The summed E-state index contributed by atoms with van der Waals surface area (Å²) in [4.78, 5) is 12.0. The molecule has 1 N–H and O–H groups in total. The predicted molar refractivity (Wildman–Crippen MR) is 81.0 cm³/mol. The van der Waals surface area contributed by atoms with Crippen molar-refractivity contribution in [2.75, 3.05) is 5.32 Å². The quantitative estimate of drug-likeness (QED) is 0.812. The number of hydrogen-bond acceptors (Lipinski definition) is 1. The van der Waals surface area contributed by atoms with Crippen LogP contribution >= 0.6 is 31.9 Å². The highest BCUT2D eigenvalue weighted by Gasteiger charge is 2.07. The van der Waals surface area contributed by atoms with Crippen molar-refractivity contribution in [3.63, 3.8) is 0 Å². The Bertz CT molecular complexity index is 596. The Morgan fingerprint density at radius 3 is 2.56 bits per heavy atom. The van der Waals surface area contributed by atoms with Crippen molar-refractivity contribution in [2.24, 2.45) is 0 Å². The van der Waals surface area contributed by atoms with E-state index >= 15 is 0 Å². The molecule has 18 heavy (non-hydrogen) atoms. The van der Waals surface area contributed by atoms with E-state index in [0.717, 1.165) is 20.2 Å². The summed E-state index contributed by atoms with van der Waals surface area (Å²) in [7, 11) is 0. The first-order valence-electron chi connectivity index (χ1n) is 5.39. The van der Waals surface area contributed by atoms with Crippen LogP contribution in [0.15, 0.2) is 51.4 Å². The van der Waals surface area contributed by atoms with Gasteiger partial charge in [0.1, 0.15) is 0 Å². The van der Waals surface area contributed by atoms with Gasteiger partial charge in [0.2, 0.25) is 0 Å². The van der Waals surface area contributed by atoms with Crippen LogP contribution in [0, 0.1) is 6.92 Å². The largest absolute Gasteiger partial charge is 0.322 e. The van der Waals surface area contributed by atoms with E-state index in [4.69, 9.17) is 0 Å². The van der Waals surface area contributed by atoms with E-state index < -0.39 is 0 Å². The van der Waals surface area contributed by atoms with E-state index in [1.54, 1.807) is 0 Å². The number of carbonyl (C=O) groups excluding carboxylic acids is 1. The number of carbonyl (C=O) groups is 1. The number of halogens is 2. The number of amides is 1. The van der Waals surface area contributed by atoms with Crippen LogP contribution in [0.5, 0.6) is 0 Å². The van der Waals surface area contributed by atoms with Crippen LogP contribution in [0.2, 0.25) is 0 Å². The molecule has 0 unspecified atom stereocenters. The molecule has 0 saturated heterocycles. The highest BCUT2D eigenvalue weighted by Crippen LogP contribution is 2.20. The second-order valence-electron chi connectivity index (χ2n) is 3.93. The average molecular weight is 369 g/mol. The molecule has 0 spiro atoms. The molecule has 0 aliphatic carbocycles. The first-order chi connectivity index (χ1) is 8.56. The average Bonchev–Trinajstić information content (AvgIpc) is 2.32. The molecule has 0 radical (unpaired) electrons. The molecular formula is C14H11Br2NO. The minimum atomic E-state index is -0.117. The van der Waals surface area contributed by atoms with Crippen molar-refractivity contribution in [1.82, 2.24) is 0 Å². The fourth-order valence-electron chi connectivity index (χ4n) is 1.50. The number of benzene rings is 2. The molecule has 2 rings (SSSR count). The van der Waals surface area contributed by atoms with Gasteiger partial charge in [0, 0.05) is 20.2 Å². The van der Waals surface area contributed by atoms with Crippen LogP contribution in [0.25, 0.3) is 0 Å². The third-order valence-corrected chi connectivity index (χ3v) is 3.86. The molecule has 2 nitrogen and oxygen atoms in total. The van der Waals surface area contributed by atoms with Gasteiger partial charge in [0.05, 0.1) is 0 Å². The third kappa shape index (κ3) is 3.21. The van der Waals surface area contributed by atoms with Crippen molar-refractivity contribution >= 4 is 43.5 Å². The Hall–Kier alpha value is -1.13. The van der Waals surface area contributed by atoms with Crippen LogP contribution < -0.4 is 5.32 Å². The van der Waals surface area contributed by atoms with Crippen molar-refractivity contribution in [3.8, 4) is 0 Å². The maximum Gasteiger partial charge on any atom is 0.255 e. The van der Waals surface area contributed by atoms with Gasteiger partial charge in [-0.05, 0) is 42.8 Å². The van der Waals surface area contributed by atoms with Gasteiger partial charge >= 0.3 is 0 Å². The lowest BCUT2D eigenvalue weighted by atomic mass is 10.1. The highest BCUT2D eigenvalue weighted by atomic mass is 79.9. The van der Waals surface area contributed by atoms with Gasteiger partial charge in [-0.15, -0.1) is 0 Å². The number of anilines is 1. The lowest BCUT2D eigenvalue weighted by Crippen LogP contribution is -2.11. The minimum absolute atomic E-state index is 0.117. The van der Waals surface area contributed by atoms with Crippen molar-refractivity contribution in [3.05, 3.63) is 62.5 Å². The summed E-state index contributed by atoms with van der Waals surface area (Å²) in [6.07, 6.45) is 0. The van der Waals surface area contributed by atoms with Gasteiger partial charge in [-0.2, -0.15) is 0 Å². The van der Waals surface area contributed by atoms with Gasteiger partial charge in [-0.25, -0.2) is 0 Å². The molecule has 0 aliphatic rings. The van der Waals surface area contributed by atoms with Crippen molar-refractivity contribution < 1.29 is 4.79 Å². The zero-order valence-electron chi connectivity index (χ0n) is 9.71. The second-order valence-corrected chi connectivity index (χ2v) is 5.70. The van der Waals surface area contributed by atoms with E-state index in [-0.39, 0.29) is 5.91 Å². The molecule has 0 heterocycles. The van der Waals surface area contributed by atoms with Crippen LogP contribution in [-0.4, -0.2) is 5.91 Å². The molecule has 92 valence electrons. The third-order valence-electron chi connectivity index (χ3n) is 2.52. The summed E-state index contributed by atoms with van der Waals surface area (Å²) in [5, 5.41) is 2.86. The van der Waals surface area contributed by atoms with Gasteiger partial charge < -0.3 is 5.32 Å². The zero-order chi connectivity index (χ0) is 13.1. The summed E-state index contributed by atoms with van der Waals surface area (Å²) >= 11 is 6.79. The normalized spacial score (nSPS) is 10.2. The molecule has 0 bridgehead atoms. The summed E-state index contributed by atoms with van der Waals surface area (Å²) in [6.45, 7) is 1.99. The Morgan fingerprint density at radius 1 is 1.11 bits per heavy atom. The number of hydrogen-bond donors (Lipinski definition) is 1. The summed E-state index contributed by atoms with van der Waals surface area (Å²) in [5.41, 5.74) is 2.51. The fourth-order valence-corrected chi connectivity index (χ4v) is 2.28. The molecule has 0 aromatic heterocycles. The smallest absolute Gasteiger partial charge is 0.255 e. The first kappa shape index (κ1) is 13.3. The lowest BCUT2D eigenvalue weighted by Gasteiger charge is -2.07. The first-order valence-corrected chi connectivity index (χ1v) is 6.98. The molecule has 0 fully saturated rings. The zero-order valence-corrected chi connectivity index (χ0v) is 12.9. The van der Waals surface area contributed by atoms with Gasteiger partial charge in [-0.1, -0.05) is 44.0 Å². The lowest BCUT2D eigenvalue weighted by molar-refractivity contribution is 0.102. The molecule has 4 heteroatoms. The maximum absolute atomic E-state index is 12.0. The van der Waals surface area contributed by atoms with E-state index in [9.17, 15) is 4.79 Å². The number of aryl methyl sites for hydroxylation is 1. The predicted octanol–water partition coefficient (Wildman–Crippen LogP) is 4.77. The second kappa shape index (κ2) is 5.67. The molecule has 0 atom stereocenters. The van der Waals surface area contributed by atoms with Crippen LogP contribution in [0.3, 0.4) is 0 Å². The Kier molecular flexibility index (Phi) is 4.19. The van der Waals surface area contributed by atoms with Crippen molar-refractivity contribution in [2.45, 2.75) is 6.92 Å². The number of rotatable bonds is 2. The number of nitrogens with one attached hydrogen (secondary N) is 1. The van der Waals surface area contributed by atoms with Crippen LogP contribution in [-0.2, 0) is 0 Å². The summed E-state index contributed by atoms with van der Waals surface area (Å²) in [6, 6.07) is 13.1. The molecular weight excluding hydrogens is 358 g/mol. The van der Waals surface area contributed by atoms with E-state index in [1.165, 1.54) is 0 Å². The van der Waals surface area contributed by atoms with Gasteiger partial charge in [0.15, 0.2) is 0 Å². The monoisotopic (exact) mass is 367 g/mol. The van der Waals surface area contributed by atoms with Gasteiger partial charge in [-0.3, -0.25) is 4.79 Å². The Labute approximate surface area is 123 Å². The minimum Gasteiger partial charge on any atom is -0.322 e. The van der Waals surface area contributed by atoms with E-state index in [0.29, 0.717) is 5.56 Å². The molecule has 1 amide bonds. The van der Waals surface area contributed by atoms with Gasteiger partial charge in [0.25, 0.3) is 5.91 Å². The topological polar surface area (TPSA) is 29.1 Å². The fraction of sp³-hybridized carbons (Fsp3) is 0.0714. The van der Waals surface area contributed by atoms with E-state index in [2.05, 4.69) is 37.2 Å². The Balaban J connectivity index is 2.19. The molecule has 2 aromatic rings. The van der Waals surface area contributed by atoms with E-state index in [1.807, 2.05) is 49.4 Å². The molecule has 0 saturated carbocycles.